The number of nitrogens with two attached hydrogens (primary N) is 2. The molecule has 10 nitrogen and oxygen atoms in total. The van der Waals surface area contributed by atoms with Crippen LogP contribution in [0.2, 0.25) is 0 Å². The van der Waals surface area contributed by atoms with E-state index in [4.69, 9.17) is 20.9 Å². The van der Waals surface area contributed by atoms with E-state index in [1.165, 1.54) is 36.3 Å². The number of nitrogens with one attached hydrogen (secondary N) is 1. The SMILES string of the molecule is COc1ccc(N(C(=O)c2snc(C(N)=O)c2N)C(C(=O)NCC2CCCO2)c2ccc(F)cc2)cc1. The van der Waals surface area contributed by atoms with Gasteiger partial charge in [0.25, 0.3) is 11.8 Å². The number of anilines is 2. The van der Waals surface area contributed by atoms with Gasteiger partial charge in [-0.05, 0) is 66.3 Å². The lowest BCUT2D eigenvalue weighted by Crippen LogP contribution is -2.45. The number of hydrogen-bond acceptors (Lipinski definition) is 8. The number of hydrogen-bond donors (Lipinski definition) is 3. The molecule has 2 aromatic carbocycles. The molecule has 0 spiro atoms. The summed E-state index contributed by atoms with van der Waals surface area (Å²) < 4.78 is 28.5. The van der Waals surface area contributed by atoms with Gasteiger partial charge in [0.05, 0.1) is 18.9 Å². The van der Waals surface area contributed by atoms with Crippen LogP contribution in [0.5, 0.6) is 5.75 Å². The Morgan fingerprint density at radius 1 is 1.22 bits per heavy atom. The van der Waals surface area contributed by atoms with Crippen LogP contribution in [-0.4, -0.2) is 48.5 Å². The Labute approximate surface area is 216 Å². The van der Waals surface area contributed by atoms with Crippen molar-refractivity contribution in [1.29, 1.82) is 0 Å². The van der Waals surface area contributed by atoms with E-state index >= 15 is 0 Å². The molecular weight excluding hydrogens is 501 g/mol. The number of carbonyl (C=O) groups is 3. The van der Waals surface area contributed by atoms with Crippen LogP contribution in [0.3, 0.4) is 0 Å². The number of amides is 3. The second-order valence-electron chi connectivity index (χ2n) is 8.35. The van der Waals surface area contributed by atoms with Gasteiger partial charge in [0.1, 0.15) is 22.5 Å². The summed E-state index contributed by atoms with van der Waals surface area (Å²) in [5.41, 5.74) is 11.7. The normalized spacial score (nSPS) is 15.7. The number of nitrogens with zero attached hydrogens (tertiary/aromatic N) is 2. The smallest absolute Gasteiger partial charge is 0.273 e. The first-order valence-corrected chi connectivity index (χ1v) is 12.2. The van der Waals surface area contributed by atoms with Gasteiger partial charge in [-0.3, -0.25) is 19.3 Å². The van der Waals surface area contributed by atoms with Crippen LogP contribution >= 0.6 is 11.5 Å². The van der Waals surface area contributed by atoms with E-state index in [-0.39, 0.29) is 28.9 Å². The third-order valence-electron chi connectivity index (χ3n) is 5.95. The van der Waals surface area contributed by atoms with Crippen LogP contribution in [0, 0.1) is 5.82 Å². The van der Waals surface area contributed by atoms with Crippen LogP contribution in [0.1, 0.15) is 44.6 Å². The van der Waals surface area contributed by atoms with E-state index < -0.39 is 29.6 Å². The predicted molar refractivity (Wildman–Crippen MR) is 136 cm³/mol. The molecule has 0 bridgehead atoms. The molecule has 1 saturated heterocycles. The van der Waals surface area contributed by atoms with E-state index in [0.29, 0.717) is 35.1 Å². The second-order valence-corrected chi connectivity index (χ2v) is 9.12. The van der Waals surface area contributed by atoms with E-state index in [0.717, 1.165) is 12.8 Å². The fraction of sp³-hybridized carbons (Fsp3) is 0.280. The summed E-state index contributed by atoms with van der Waals surface area (Å²) in [6, 6.07) is 10.5. The van der Waals surface area contributed by atoms with Gasteiger partial charge >= 0.3 is 0 Å². The van der Waals surface area contributed by atoms with Gasteiger partial charge in [-0.1, -0.05) is 12.1 Å². The van der Waals surface area contributed by atoms with Crippen LogP contribution in [0.15, 0.2) is 48.5 Å². The number of aromatic nitrogens is 1. The van der Waals surface area contributed by atoms with Gasteiger partial charge in [0.15, 0.2) is 5.69 Å². The molecule has 1 aromatic heterocycles. The zero-order chi connectivity index (χ0) is 26.5. The fourth-order valence-corrected chi connectivity index (χ4v) is 4.79. The molecule has 0 saturated carbocycles. The standard InChI is InChI=1S/C25H26FN5O5S/c1-35-17-10-8-16(9-11-17)31(25(34)22-19(27)20(23(28)32)30-37-22)21(14-4-6-15(26)7-5-14)24(33)29-13-18-3-2-12-36-18/h4-11,18,21H,2-3,12-13,27H2,1H3,(H2,28,32)(H,29,33). The van der Waals surface area contributed by atoms with E-state index in [1.807, 2.05) is 0 Å². The lowest BCUT2D eigenvalue weighted by molar-refractivity contribution is -0.123. The summed E-state index contributed by atoms with van der Waals surface area (Å²) in [4.78, 5) is 40.5. The Morgan fingerprint density at radius 2 is 1.92 bits per heavy atom. The minimum atomic E-state index is -1.22. The second kappa shape index (κ2) is 11.4. The third kappa shape index (κ3) is 5.70. The average Bonchev–Trinajstić information content (AvgIpc) is 3.56. The predicted octanol–water partition coefficient (Wildman–Crippen LogP) is 2.66. The number of benzene rings is 2. The highest BCUT2D eigenvalue weighted by Gasteiger charge is 2.36. The summed E-state index contributed by atoms with van der Waals surface area (Å²) in [5.74, 6) is -2.04. The number of ether oxygens (including phenoxy) is 2. The molecular formula is C25H26FN5O5S. The summed E-state index contributed by atoms with van der Waals surface area (Å²) in [6.45, 7) is 0.862. The number of carbonyl (C=O) groups excluding carboxylic acids is 3. The number of methoxy groups -OCH3 is 1. The highest BCUT2D eigenvalue weighted by molar-refractivity contribution is 7.09. The first kappa shape index (κ1) is 26.0. The van der Waals surface area contributed by atoms with Crippen molar-refractivity contribution in [3.8, 4) is 5.75 Å². The number of nitrogen functional groups attached to an aromatic ring is 1. The van der Waals surface area contributed by atoms with Crippen molar-refractivity contribution in [3.63, 3.8) is 0 Å². The first-order chi connectivity index (χ1) is 17.8. The monoisotopic (exact) mass is 527 g/mol. The molecule has 194 valence electrons. The molecule has 3 aromatic rings. The van der Waals surface area contributed by atoms with Gasteiger partial charge in [-0.2, -0.15) is 4.37 Å². The van der Waals surface area contributed by atoms with Crippen molar-refractivity contribution in [2.75, 3.05) is 30.9 Å². The van der Waals surface area contributed by atoms with Crippen molar-refractivity contribution >= 4 is 40.6 Å². The van der Waals surface area contributed by atoms with Crippen molar-refractivity contribution in [1.82, 2.24) is 9.69 Å². The molecule has 4 rings (SSSR count). The minimum absolute atomic E-state index is 0.0661. The number of rotatable bonds is 9. The maximum Gasteiger partial charge on any atom is 0.273 e. The molecule has 37 heavy (non-hydrogen) atoms. The van der Waals surface area contributed by atoms with Crippen LogP contribution in [0.4, 0.5) is 15.8 Å². The van der Waals surface area contributed by atoms with Crippen LogP contribution < -0.4 is 26.4 Å². The Kier molecular flexibility index (Phi) is 7.99. The van der Waals surface area contributed by atoms with Crippen molar-refractivity contribution in [2.45, 2.75) is 25.0 Å². The Bertz CT molecular complexity index is 1280. The molecule has 3 amide bonds. The molecule has 1 fully saturated rings. The quantitative estimate of drug-likeness (QED) is 0.387. The summed E-state index contributed by atoms with van der Waals surface area (Å²) in [5, 5.41) is 2.86. The summed E-state index contributed by atoms with van der Waals surface area (Å²) in [6.07, 6.45) is 1.56. The van der Waals surface area contributed by atoms with Crippen molar-refractivity contribution in [2.24, 2.45) is 5.73 Å². The van der Waals surface area contributed by atoms with E-state index in [9.17, 15) is 18.8 Å². The van der Waals surface area contributed by atoms with E-state index in [1.54, 1.807) is 24.3 Å². The largest absolute Gasteiger partial charge is 0.497 e. The highest BCUT2D eigenvalue weighted by atomic mass is 32.1. The summed E-state index contributed by atoms with van der Waals surface area (Å²) in [7, 11) is 1.50. The zero-order valence-electron chi connectivity index (χ0n) is 20.0. The molecule has 1 aliphatic rings. The molecule has 2 atom stereocenters. The number of primary amides is 1. The fourth-order valence-electron chi connectivity index (χ4n) is 4.04. The Hall–Kier alpha value is -4.03. The van der Waals surface area contributed by atoms with Gasteiger partial charge in [-0.25, -0.2) is 4.39 Å². The molecule has 12 heteroatoms. The first-order valence-electron chi connectivity index (χ1n) is 11.5. The van der Waals surface area contributed by atoms with Gasteiger partial charge in [0.2, 0.25) is 5.91 Å². The topological polar surface area (TPSA) is 150 Å². The highest BCUT2D eigenvalue weighted by Crippen LogP contribution is 2.34. The molecule has 1 aliphatic heterocycles. The van der Waals surface area contributed by atoms with E-state index in [2.05, 4.69) is 9.69 Å². The minimum Gasteiger partial charge on any atom is -0.497 e. The average molecular weight is 528 g/mol. The molecule has 0 aliphatic carbocycles. The molecule has 0 radical (unpaired) electrons. The lowest BCUT2D eigenvalue weighted by Gasteiger charge is -2.31. The zero-order valence-corrected chi connectivity index (χ0v) is 20.8. The van der Waals surface area contributed by atoms with Crippen molar-refractivity contribution < 1.29 is 28.2 Å². The Morgan fingerprint density at radius 3 is 2.49 bits per heavy atom. The van der Waals surface area contributed by atoms with Gasteiger partial charge in [-0.15, -0.1) is 0 Å². The third-order valence-corrected chi connectivity index (χ3v) is 6.80. The molecule has 5 N–H and O–H groups in total. The van der Waals surface area contributed by atoms with Crippen LogP contribution in [0.25, 0.3) is 0 Å². The van der Waals surface area contributed by atoms with Crippen LogP contribution in [-0.2, 0) is 9.53 Å². The molecule has 2 heterocycles. The lowest BCUT2D eigenvalue weighted by atomic mass is 10.0. The molecule has 2 unspecified atom stereocenters. The van der Waals surface area contributed by atoms with Crippen molar-refractivity contribution in [3.05, 3.63) is 70.5 Å². The van der Waals surface area contributed by atoms with Gasteiger partial charge in [0, 0.05) is 18.8 Å². The maximum atomic E-state index is 14.0. The van der Waals surface area contributed by atoms with Gasteiger partial charge < -0.3 is 26.3 Å². The maximum absolute atomic E-state index is 14.0. The summed E-state index contributed by atoms with van der Waals surface area (Å²) >= 11 is 0.700. The number of halogens is 1. The Balaban J connectivity index is 1.80.